The lowest BCUT2D eigenvalue weighted by Gasteiger charge is -2.12. The molecule has 92 valence electrons. The van der Waals surface area contributed by atoms with E-state index in [0.29, 0.717) is 16.3 Å². The molecule has 0 aliphatic carbocycles. The maximum atomic E-state index is 10.5. The number of ether oxygens (including phenoxy) is 2. The van der Waals surface area contributed by atoms with E-state index in [1.165, 1.54) is 25.5 Å². The zero-order chi connectivity index (χ0) is 12.8. The van der Waals surface area contributed by atoms with E-state index in [0.717, 1.165) is 0 Å². The molecule has 0 atom stereocenters. The number of hydrazone groups is 1. The summed E-state index contributed by atoms with van der Waals surface area (Å²) in [5.74, 6) is 4.48. The van der Waals surface area contributed by atoms with Crippen molar-refractivity contribution in [1.29, 1.82) is 0 Å². The average Bonchev–Trinajstić information content (AvgIpc) is 2.27. The highest BCUT2D eigenvalue weighted by Gasteiger charge is 2.13. The zero-order valence-corrected chi connectivity index (χ0v) is 9.77. The fourth-order valence-electron chi connectivity index (χ4n) is 1.20. The fourth-order valence-corrected chi connectivity index (χ4v) is 1.42. The second-order valence-corrected chi connectivity index (χ2v) is 3.42. The third kappa shape index (κ3) is 3.53. The van der Waals surface area contributed by atoms with E-state index in [1.54, 1.807) is 0 Å². The molecule has 0 unspecified atom stereocenters. The predicted molar refractivity (Wildman–Crippen MR) is 62.9 cm³/mol. The Morgan fingerprint density at radius 3 is 2.88 bits per heavy atom. The Morgan fingerprint density at radius 1 is 1.65 bits per heavy atom. The number of aliphatic carboxylic acids is 1. The van der Waals surface area contributed by atoms with Gasteiger partial charge in [0.05, 0.1) is 13.3 Å². The molecule has 0 amide bonds. The smallest absolute Gasteiger partial charge is 0.341 e. The average molecular weight is 259 g/mol. The summed E-state index contributed by atoms with van der Waals surface area (Å²) in [7, 11) is 1.42. The number of hydrogen-bond donors (Lipinski definition) is 2. The maximum absolute atomic E-state index is 10.5. The Labute approximate surface area is 103 Å². The standard InChI is InChI=1S/C10H11ClN2O4/c1-16-8-3-7(11)2-6(4-13-12)10(8)17-5-9(14)15/h2-4H,5,12H2,1H3,(H,14,15). The van der Waals surface area contributed by atoms with Gasteiger partial charge in [0, 0.05) is 16.7 Å². The van der Waals surface area contributed by atoms with Crippen LogP contribution in [0, 0.1) is 0 Å². The summed E-state index contributed by atoms with van der Waals surface area (Å²) in [5, 5.41) is 12.3. The van der Waals surface area contributed by atoms with Gasteiger partial charge in [-0.2, -0.15) is 5.10 Å². The first-order valence-corrected chi connectivity index (χ1v) is 4.91. The molecule has 7 heteroatoms. The largest absolute Gasteiger partial charge is 0.493 e. The number of carbonyl (C=O) groups is 1. The highest BCUT2D eigenvalue weighted by molar-refractivity contribution is 6.31. The molecule has 17 heavy (non-hydrogen) atoms. The number of benzene rings is 1. The minimum atomic E-state index is -1.10. The molecular formula is C10H11ClN2O4. The first-order chi connectivity index (χ1) is 8.08. The van der Waals surface area contributed by atoms with Crippen molar-refractivity contribution in [2.24, 2.45) is 10.9 Å². The van der Waals surface area contributed by atoms with Crippen LogP contribution in [0.15, 0.2) is 17.2 Å². The van der Waals surface area contributed by atoms with Gasteiger partial charge >= 0.3 is 5.97 Å². The van der Waals surface area contributed by atoms with Crippen LogP contribution < -0.4 is 15.3 Å². The molecule has 0 bridgehead atoms. The van der Waals surface area contributed by atoms with Gasteiger partial charge in [-0.1, -0.05) is 11.6 Å². The van der Waals surface area contributed by atoms with E-state index in [-0.39, 0.29) is 5.75 Å². The van der Waals surface area contributed by atoms with Crippen LogP contribution in [0.1, 0.15) is 5.56 Å². The molecule has 1 aromatic rings. The van der Waals surface area contributed by atoms with Crippen LogP contribution in [0.3, 0.4) is 0 Å². The van der Waals surface area contributed by atoms with Crippen molar-refractivity contribution in [2.45, 2.75) is 0 Å². The molecule has 0 radical (unpaired) electrons. The van der Waals surface area contributed by atoms with Crippen LogP contribution in [0.25, 0.3) is 0 Å². The molecule has 0 saturated carbocycles. The molecule has 0 spiro atoms. The lowest BCUT2D eigenvalue weighted by atomic mass is 10.2. The van der Waals surface area contributed by atoms with Crippen LogP contribution in [0.5, 0.6) is 11.5 Å². The topological polar surface area (TPSA) is 94.1 Å². The Bertz CT molecular complexity index is 448. The molecule has 0 aromatic heterocycles. The highest BCUT2D eigenvalue weighted by Crippen LogP contribution is 2.33. The number of halogens is 1. The van der Waals surface area contributed by atoms with Gasteiger partial charge < -0.3 is 20.4 Å². The highest BCUT2D eigenvalue weighted by atomic mass is 35.5. The van der Waals surface area contributed by atoms with Gasteiger partial charge in [0.25, 0.3) is 0 Å². The summed E-state index contributed by atoms with van der Waals surface area (Å²) in [4.78, 5) is 10.5. The number of rotatable bonds is 5. The number of carboxylic acid groups (broad SMARTS) is 1. The Kier molecular flexibility index (Phi) is 4.59. The molecular weight excluding hydrogens is 248 g/mol. The Morgan fingerprint density at radius 2 is 2.35 bits per heavy atom. The number of nitrogens with zero attached hydrogens (tertiary/aromatic N) is 1. The lowest BCUT2D eigenvalue weighted by molar-refractivity contribution is -0.139. The third-order valence-corrected chi connectivity index (χ3v) is 2.04. The van der Waals surface area contributed by atoms with Crippen LogP contribution in [0.4, 0.5) is 0 Å². The minimum absolute atomic E-state index is 0.230. The number of carboxylic acids is 1. The molecule has 0 aliphatic rings. The van der Waals surface area contributed by atoms with Crippen LogP contribution in [-0.4, -0.2) is 31.0 Å². The van der Waals surface area contributed by atoms with Gasteiger partial charge in [-0.25, -0.2) is 4.79 Å². The van der Waals surface area contributed by atoms with E-state index >= 15 is 0 Å². The summed E-state index contributed by atoms with van der Waals surface area (Å²) < 4.78 is 10.1. The molecule has 0 aliphatic heterocycles. The maximum Gasteiger partial charge on any atom is 0.341 e. The van der Waals surface area contributed by atoms with Crippen molar-refractivity contribution in [3.8, 4) is 11.5 Å². The van der Waals surface area contributed by atoms with Crippen molar-refractivity contribution in [3.63, 3.8) is 0 Å². The van der Waals surface area contributed by atoms with Crippen molar-refractivity contribution >= 4 is 23.8 Å². The summed E-state index contributed by atoms with van der Waals surface area (Å²) in [5.41, 5.74) is 0.443. The second kappa shape index (κ2) is 5.95. The first kappa shape index (κ1) is 13.1. The van der Waals surface area contributed by atoms with E-state index in [2.05, 4.69) is 5.10 Å². The molecule has 1 rings (SSSR count). The van der Waals surface area contributed by atoms with Gasteiger partial charge in [-0.05, 0) is 6.07 Å². The van der Waals surface area contributed by atoms with Gasteiger partial charge in [0.2, 0.25) is 0 Å². The first-order valence-electron chi connectivity index (χ1n) is 4.54. The van der Waals surface area contributed by atoms with Crippen molar-refractivity contribution in [2.75, 3.05) is 13.7 Å². The van der Waals surface area contributed by atoms with Crippen molar-refractivity contribution in [3.05, 3.63) is 22.7 Å². The number of hydrogen-bond acceptors (Lipinski definition) is 5. The van der Waals surface area contributed by atoms with Gasteiger partial charge in [0.1, 0.15) is 0 Å². The van der Waals surface area contributed by atoms with Gasteiger partial charge in [-0.3, -0.25) is 0 Å². The SMILES string of the molecule is COc1cc(Cl)cc(C=NN)c1OCC(=O)O. The van der Waals surface area contributed by atoms with Crippen molar-refractivity contribution in [1.82, 2.24) is 0 Å². The van der Waals surface area contributed by atoms with E-state index in [1.807, 2.05) is 0 Å². The predicted octanol–water partition coefficient (Wildman–Crippen LogP) is 1.10. The normalized spacial score (nSPS) is 10.5. The molecule has 0 fully saturated rings. The van der Waals surface area contributed by atoms with Crippen LogP contribution >= 0.6 is 11.6 Å². The van der Waals surface area contributed by atoms with Crippen LogP contribution in [0.2, 0.25) is 5.02 Å². The quantitative estimate of drug-likeness (QED) is 0.469. The van der Waals surface area contributed by atoms with Gasteiger partial charge in [-0.15, -0.1) is 0 Å². The molecule has 0 saturated heterocycles. The lowest BCUT2D eigenvalue weighted by Crippen LogP contribution is -2.11. The van der Waals surface area contributed by atoms with E-state index in [4.69, 9.17) is 32.0 Å². The molecule has 0 heterocycles. The molecule has 6 nitrogen and oxygen atoms in total. The summed E-state index contributed by atoms with van der Waals surface area (Å²) >= 11 is 5.84. The third-order valence-electron chi connectivity index (χ3n) is 1.82. The monoisotopic (exact) mass is 258 g/mol. The van der Waals surface area contributed by atoms with Crippen molar-refractivity contribution < 1.29 is 19.4 Å². The van der Waals surface area contributed by atoms with E-state index < -0.39 is 12.6 Å². The zero-order valence-electron chi connectivity index (χ0n) is 9.01. The number of nitrogens with two attached hydrogens (primary N) is 1. The summed E-state index contributed by atoms with van der Waals surface area (Å²) in [6.45, 7) is -0.497. The Balaban J connectivity index is 3.16. The fraction of sp³-hybridized carbons (Fsp3) is 0.200. The van der Waals surface area contributed by atoms with E-state index in [9.17, 15) is 4.79 Å². The second-order valence-electron chi connectivity index (χ2n) is 2.99. The Hall–Kier alpha value is -1.95. The molecule has 3 N–H and O–H groups in total. The summed E-state index contributed by atoms with van der Waals surface area (Å²) in [6, 6.07) is 3.05. The van der Waals surface area contributed by atoms with Crippen LogP contribution in [-0.2, 0) is 4.79 Å². The summed E-state index contributed by atoms with van der Waals surface area (Å²) in [6.07, 6.45) is 1.30. The minimum Gasteiger partial charge on any atom is -0.493 e. The number of methoxy groups -OCH3 is 1. The molecule has 1 aromatic carbocycles. The van der Waals surface area contributed by atoms with Gasteiger partial charge in [0.15, 0.2) is 18.1 Å².